The summed E-state index contributed by atoms with van der Waals surface area (Å²) in [5, 5.41) is 19.2. The van der Waals surface area contributed by atoms with Crippen molar-refractivity contribution in [3.8, 4) is 11.5 Å². The van der Waals surface area contributed by atoms with Gasteiger partial charge in [0.15, 0.2) is 11.5 Å². The second kappa shape index (κ2) is 5.72. The number of aliphatic hydroxyl groups is 1. The number of halogens is 1. The molecule has 1 aromatic carbocycles. The predicted octanol–water partition coefficient (Wildman–Crippen LogP) is 0.0787. The van der Waals surface area contributed by atoms with Crippen molar-refractivity contribution >= 4 is 21.9 Å². The van der Waals surface area contributed by atoms with E-state index in [1.54, 1.807) is 12.1 Å². The van der Waals surface area contributed by atoms with Gasteiger partial charge in [0.25, 0.3) is 0 Å². The number of aliphatic carboxylic acids is 1. The molecule has 0 atom stereocenters. The van der Waals surface area contributed by atoms with Crippen molar-refractivity contribution in [3.05, 3.63) is 22.2 Å². The predicted molar refractivity (Wildman–Crippen MR) is 57.1 cm³/mol. The number of carbonyl (C=O) groups is 1. The molecule has 1 rings (SSSR count). The summed E-state index contributed by atoms with van der Waals surface area (Å²) in [5.74, 6) is -0.705. The molecule has 0 fully saturated rings. The van der Waals surface area contributed by atoms with Gasteiger partial charge >= 0.3 is 0 Å². The van der Waals surface area contributed by atoms with Crippen molar-refractivity contribution in [1.29, 1.82) is 0 Å². The molecule has 0 aliphatic carbocycles. The van der Waals surface area contributed by atoms with E-state index in [1.165, 1.54) is 7.11 Å². The molecule has 0 saturated heterocycles. The van der Waals surface area contributed by atoms with E-state index in [2.05, 4.69) is 15.9 Å². The molecule has 16 heavy (non-hydrogen) atoms. The van der Waals surface area contributed by atoms with E-state index in [1.807, 2.05) is 0 Å². The first-order valence-corrected chi connectivity index (χ1v) is 5.17. The molecule has 0 aliphatic rings. The summed E-state index contributed by atoms with van der Waals surface area (Å²) in [6, 6.07) is 3.18. The first-order chi connectivity index (χ1) is 7.58. The number of carbonyl (C=O) groups excluding carboxylic acids is 1. The van der Waals surface area contributed by atoms with Crippen LogP contribution in [0.4, 0.5) is 0 Å². The van der Waals surface area contributed by atoms with Gasteiger partial charge in [-0.15, -0.1) is 0 Å². The highest BCUT2D eigenvalue weighted by Gasteiger charge is 2.11. The molecule has 0 bridgehead atoms. The quantitative estimate of drug-likeness (QED) is 0.830. The molecule has 6 heteroatoms. The van der Waals surface area contributed by atoms with E-state index in [4.69, 9.17) is 14.6 Å². The summed E-state index contributed by atoms with van der Waals surface area (Å²) < 4.78 is 10.5. The van der Waals surface area contributed by atoms with Crippen LogP contribution in [-0.2, 0) is 11.4 Å². The van der Waals surface area contributed by atoms with Crippen LogP contribution in [0.2, 0.25) is 0 Å². The second-order valence-corrected chi connectivity index (χ2v) is 3.78. The van der Waals surface area contributed by atoms with Crippen LogP contribution in [0, 0.1) is 0 Å². The largest absolute Gasteiger partial charge is 0.546 e. The van der Waals surface area contributed by atoms with Crippen molar-refractivity contribution in [2.75, 3.05) is 13.7 Å². The number of methoxy groups -OCH3 is 1. The summed E-state index contributed by atoms with van der Waals surface area (Å²) >= 11 is 3.20. The number of ether oxygens (including phenoxy) is 2. The minimum atomic E-state index is -1.32. The maximum absolute atomic E-state index is 10.3. The summed E-state index contributed by atoms with van der Waals surface area (Å²) in [5.41, 5.74) is 0.629. The van der Waals surface area contributed by atoms with Gasteiger partial charge in [0, 0.05) is 0 Å². The third-order valence-electron chi connectivity index (χ3n) is 1.81. The van der Waals surface area contributed by atoms with Crippen molar-refractivity contribution < 1.29 is 24.5 Å². The number of hydrogen-bond acceptors (Lipinski definition) is 5. The molecule has 0 amide bonds. The van der Waals surface area contributed by atoms with Gasteiger partial charge in [-0.05, 0) is 33.6 Å². The molecular formula is C10H10BrO5-. The van der Waals surface area contributed by atoms with Crippen LogP contribution in [0.3, 0.4) is 0 Å². The van der Waals surface area contributed by atoms with E-state index in [-0.39, 0.29) is 12.4 Å². The molecule has 0 saturated carbocycles. The van der Waals surface area contributed by atoms with Crippen molar-refractivity contribution in [1.82, 2.24) is 0 Å². The van der Waals surface area contributed by atoms with E-state index >= 15 is 0 Å². The van der Waals surface area contributed by atoms with Gasteiger partial charge in [-0.25, -0.2) is 0 Å². The van der Waals surface area contributed by atoms with E-state index < -0.39 is 12.6 Å². The first kappa shape index (κ1) is 12.8. The Labute approximate surface area is 101 Å². The normalized spacial score (nSPS) is 9.94. The van der Waals surface area contributed by atoms with Crippen LogP contribution in [0.25, 0.3) is 0 Å². The fraction of sp³-hybridized carbons (Fsp3) is 0.300. The van der Waals surface area contributed by atoms with Crippen molar-refractivity contribution in [2.45, 2.75) is 6.61 Å². The molecule has 0 unspecified atom stereocenters. The first-order valence-electron chi connectivity index (χ1n) is 4.38. The summed E-state index contributed by atoms with van der Waals surface area (Å²) in [6.45, 7) is -0.705. The molecule has 0 aromatic heterocycles. The van der Waals surface area contributed by atoms with Crippen LogP contribution in [0.15, 0.2) is 16.6 Å². The molecule has 0 spiro atoms. The van der Waals surface area contributed by atoms with Crippen molar-refractivity contribution in [3.63, 3.8) is 0 Å². The van der Waals surface area contributed by atoms with E-state index in [9.17, 15) is 9.90 Å². The van der Waals surface area contributed by atoms with E-state index in [0.29, 0.717) is 15.8 Å². The Bertz CT molecular complexity index is 391. The lowest BCUT2D eigenvalue weighted by Crippen LogP contribution is -2.29. The lowest BCUT2D eigenvalue weighted by molar-refractivity contribution is -0.307. The van der Waals surface area contributed by atoms with Crippen LogP contribution >= 0.6 is 15.9 Å². The van der Waals surface area contributed by atoms with Gasteiger partial charge in [0.05, 0.1) is 24.2 Å². The Morgan fingerprint density at radius 2 is 2.25 bits per heavy atom. The standard InChI is InChI=1S/C10H11BrO5/c1-15-8-3-6(4-12)2-7(11)10(8)16-5-9(13)14/h2-3,12H,4-5H2,1H3,(H,13,14)/p-1. The number of carboxylic acid groups (broad SMARTS) is 1. The number of aliphatic hydroxyl groups excluding tert-OH is 1. The van der Waals surface area contributed by atoms with Crippen LogP contribution in [0.1, 0.15) is 5.56 Å². The number of carboxylic acids is 1. The molecule has 88 valence electrons. The fourth-order valence-corrected chi connectivity index (χ4v) is 1.74. The fourth-order valence-electron chi connectivity index (χ4n) is 1.14. The summed E-state index contributed by atoms with van der Waals surface area (Å²) in [4.78, 5) is 10.3. The lowest BCUT2D eigenvalue weighted by Gasteiger charge is -2.14. The lowest BCUT2D eigenvalue weighted by atomic mass is 10.2. The zero-order chi connectivity index (χ0) is 12.1. The summed E-state index contributed by atoms with van der Waals surface area (Å²) in [7, 11) is 1.43. The zero-order valence-corrected chi connectivity index (χ0v) is 10.1. The average Bonchev–Trinajstić information content (AvgIpc) is 2.26. The Morgan fingerprint density at radius 1 is 1.56 bits per heavy atom. The maximum atomic E-state index is 10.3. The third kappa shape index (κ3) is 3.11. The number of hydrogen-bond donors (Lipinski definition) is 1. The highest BCUT2D eigenvalue weighted by molar-refractivity contribution is 9.10. The smallest absolute Gasteiger partial charge is 0.175 e. The molecule has 0 radical (unpaired) electrons. The Morgan fingerprint density at radius 3 is 2.75 bits per heavy atom. The highest BCUT2D eigenvalue weighted by atomic mass is 79.9. The van der Waals surface area contributed by atoms with E-state index in [0.717, 1.165) is 0 Å². The summed E-state index contributed by atoms with van der Waals surface area (Å²) in [6.07, 6.45) is 0. The van der Waals surface area contributed by atoms with Crippen molar-refractivity contribution in [2.24, 2.45) is 0 Å². The van der Waals surface area contributed by atoms with Crippen LogP contribution < -0.4 is 14.6 Å². The van der Waals surface area contributed by atoms with Gasteiger partial charge in [-0.1, -0.05) is 0 Å². The van der Waals surface area contributed by atoms with Gasteiger partial charge < -0.3 is 24.5 Å². The zero-order valence-electron chi connectivity index (χ0n) is 8.53. The van der Waals surface area contributed by atoms with Gasteiger partial charge in [0.2, 0.25) is 0 Å². The molecule has 5 nitrogen and oxygen atoms in total. The molecule has 1 N–H and O–H groups in total. The van der Waals surface area contributed by atoms with Crippen LogP contribution in [0.5, 0.6) is 11.5 Å². The average molecular weight is 290 g/mol. The van der Waals surface area contributed by atoms with Crippen LogP contribution in [-0.4, -0.2) is 24.8 Å². The van der Waals surface area contributed by atoms with Gasteiger partial charge in [-0.2, -0.15) is 0 Å². The Kier molecular flexibility index (Phi) is 4.57. The molecule has 0 heterocycles. The molecule has 1 aromatic rings. The van der Waals surface area contributed by atoms with Gasteiger partial charge in [0.1, 0.15) is 6.61 Å². The Balaban J connectivity index is 3.01. The minimum Gasteiger partial charge on any atom is -0.546 e. The molecule has 0 aliphatic heterocycles. The minimum absolute atomic E-state index is 0.143. The SMILES string of the molecule is COc1cc(CO)cc(Br)c1OCC(=O)[O-]. The topological polar surface area (TPSA) is 78.8 Å². The number of benzene rings is 1. The molecular weight excluding hydrogens is 280 g/mol. The van der Waals surface area contributed by atoms with Gasteiger partial charge in [-0.3, -0.25) is 0 Å². The third-order valence-corrected chi connectivity index (χ3v) is 2.40. The second-order valence-electron chi connectivity index (χ2n) is 2.93. The number of rotatable bonds is 5. The Hall–Kier alpha value is -1.27. The monoisotopic (exact) mass is 289 g/mol. The maximum Gasteiger partial charge on any atom is 0.175 e. The highest BCUT2D eigenvalue weighted by Crippen LogP contribution is 2.36.